The average molecular weight is 277 g/mol. The highest BCUT2D eigenvalue weighted by atomic mass is 16.5. The second-order valence-electron chi connectivity index (χ2n) is 6.16. The summed E-state index contributed by atoms with van der Waals surface area (Å²) in [6.07, 6.45) is 10.7. The molecule has 0 bridgehead atoms. The summed E-state index contributed by atoms with van der Waals surface area (Å²) in [5.74, 6) is 1.01. The van der Waals surface area contributed by atoms with Crippen LogP contribution in [0.25, 0.3) is 0 Å². The maximum Gasteiger partial charge on any atom is 0.120 e. The summed E-state index contributed by atoms with van der Waals surface area (Å²) in [6.45, 7) is 5.91. The van der Waals surface area contributed by atoms with Crippen LogP contribution in [0.2, 0.25) is 0 Å². The summed E-state index contributed by atoms with van der Waals surface area (Å²) in [7, 11) is 0. The first kappa shape index (κ1) is 14.0. The molecule has 4 nitrogen and oxygen atoms in total. The topological polar surface area (TPSA) is 42.5 Å². The highest BCUT2D eigenvalue weighted by Gasteiger charge is 2.31. The van der Waals surface area contributed by atoms with Crippen molar-refractivity contribution >= 4 is 0 Å². The van der Waals surface area contributed by atoms with E-state index in [-0.39, 0.29) is 5.60 Å². The first-order valence-electron chi connectivity index (χ1n) is 7.73. The molecule has 0 aromatic rings. The van der Waals surface area contributed by atoms with Crippen molar-refractivity contribution in [1.29, 1.82) is 0 Å². The molecule has 1 aliphatic carbocycles. The Labute approximate surface area is 121 Å². The normalized spacial score (nSPS) is 31.6. The van der Waals surface area contributed by atoms with Gasteiger partial charge in [-0.25, -0.2) is 0 Å². The van der Waals surface area contributed by atoms with Gasteiger partial charge in [-0.2, -0.15) is 0 Å². The molecule has 1 radical (unpaired) electrons. The number of ether oxygens (including phenoxy) is 2. The quantitative estimate of drug-likeness (QED) is 0.823. The summed E-state index contributed by atoms with van der Waals surface area (Å²) in [5.41, 5.74) is 1.15. The predicted molar refractivity (Wildman–Crippen MR) is 79.0 cm³/mol. The molecule has 4 heteroatoms. The second kappa shape index (κ2) is 6.19. The van der Waals surface area contributed by atoms with E-state index in [2.05, 4.69) is 36.1 Å². The van der Waals surface area contributed by atoms with Gasteiger partial charge >= 0.3 is 0 Å². The molecule has 3 rings (SSSR count). The monoisotopic (exact) mass is 277 g/mol. The fourth-order valence-corrected chi connectivity index (χ4v) is 2.99. The average Bonchev–Trinajstić information content (AvgIpc) is 2.87. The van der Waals surface area contributed by atoms with E-state index in [1.807, 2.05) is 0 Å². The maximum atomic E-state index is 6.20. The molecule has 0 aromatic heterocycles. The van der Waals surface area contributed by atoms with Crippen LogP contribution in [0.5, 0.6) is 0 Å². The van der Waals surface area contributed by atoms with E-state index in [9.17, 15) is 0 Å². The lowest BCUT2D eigenvalue weighted by Crippen LogP contribution is -2.35. The summed E-state index contributed by atoms with van der Waals surface area (Å²) in [5, 5.41) is 6.98. The molecule has 0 spiro atoms. The Morgan fingerprint density at radius 1 is 1.40 bits per heavy atom. The van der Waals surface area contributed by atoms with E-state index in [1.54, 1.807) is 0 Å². The zero-order valence-corrected chi connectivity index (χ0v) is 12.3. The van der Waals surface area contributed by atoms with E-state index in [1.165, 1.54) is 5.70 Å². The van der Waals surface area contributed by atoms with Gasteiger partial charge in [-0.3, -0.25) is 0 Å². The molecule has 3 aliphatic rings. The van der Waals surface area contributed by atoms with Gasteiger partial charge in [0.15, 0.2) is 0 Å². The molecule has 0 unspecified atom stereocenters. The largest absolute Gasteiger partial charge is 0.486 e. The minimum atomic E-state index is -0.0521. The van der Waals surface area contributed by atoms with Gasteiger partial charge in [-0.1, -0.05) is 0 Å². The van der Waals surface area contributed by atoms with Gasteiger partial charge in [0, 0.05) is 44.3 Å². The van der Waals surface area contributed by atoms with Crippen molar-refractivity contribution in [2.24, 2.45) is 0 Å². The molecular formula is C16H25N2O2. The molecule has 0 aromatic carbocycles. The second-order valence-corrected chi connectivity index (χ2v) is 6.16. The zero-order chi connectivity index (χ0) is 13.8. The number of rotatable bonds is 4. The van der Waals surface area contributed by atoms with Gasteiger partial charge in [-0.05, 0) is 44.9 Å². The van der Waals surface area contributed by atoms with Crippen LogP contribution >= 0.6 is 0 Å². The highest BCUT2D eigenvalue weighted by molar-refractivity contribution is 5.30. The van der Waals surface area contributed by atoms with Crippen LogP contribution in [0.4, 0.5) is 0 Å². The van der Waals surface area contributed by atoms with Crippen LogP contribution in [0.15, 0.2) is 23.6 Å². The van der Waals surface area contributed by atoms with Crippen molar-refractivity contribution < 1.29 is 9.47 Å². The minimum Gasteiger partial charge on any atom is -0.486 e. The van der Waals surface area contributed by atoms with Crippen LogP contribution in [0.3, 0.4) is 0 Å². The standard InChI is InChI=1S/C16H25N2O2/c1-16(7-8-17-12-16)20-15-4-2-3-14(11-15)18-13-5-9-19-10-6-13/h3-4,11,13,17-18H,2,5-10,12H2,1H3/t16-/m0/s1. The third-order valence-corrected chi connectivity index (χ3v) is 4.24. The lowest BCUT2D eigenvalue weighted by molar-refractivity contribution is 0.0423. The fraction of sp³-hybridized carbons (Fsp3) is 0.688. The van der Waals surface area contributed by atoms with Crippen molar-refractivity contribution in [2.45, 2.75) is 44.2 Å². The molecule has 0 saturated carbocycles. The zero-order valence-electron chi connectivity index (χ0n) is 12.3. The van der Waals surface area contributed by atoms with Gasteiger partial charge in [-0.15, -0.1) is 0 Å². The Morgan fingerprint density at radius 2 is 2.25 bits per heavy atom. The fourth-order valence-electron chi connectivity index (χ4n) is 2.99. The molecule has 2 N–H and O–H groups in total. The number of allylic oxidation sites excluding steroid dienone is 3. The van der Waals surface area contributed by atoms with Gasteiger partial charge < -0.3 is 20.1 Å². The van der Waals surface area contributed by atoms with E-state index in [4.69, 9.17) is 9.47 Å². The summed E-state index contributed by atoms with van der Waals surface area (Å²) in [4.78, 5) is 0. The summed E-state index contributed by atoms with van der Waals surface area (Å²) in [6, 6.07) is 0.536. The van der Waals surface area contributed by atoms with Gasteiger partial charge in [0.05, 0.1) is 0 Å². The molecule has 20 heavy (non-hydrogen) atoms. The molecular weight excluding hydrogens is 252 g/mol. The lowest BCUT2D eigenvalue weighted by Gasteiger charge is -2.29. The first-order chi connectivity index (χ1) is 9.73. The van der Waals surface area contributed by atoms with Gasteiger partial charge in [0.25, 0.3) is 0 Å². The van der Waals surface area contributed by atoms with Crippen molar-refractivity contribution in [2.75, 3.05) is 26.3 Å². The molecule has 1 atom stereocenters. The van der Waals surface area contributed by atoms with E-state index in [0.717, 1.165) is 57.7 Å². The molecule has 111 valence electrons. The number of nitrogens with one attached hydrogen (secondary N) is 2. The number of hydrogen-bond acceptors (Lipinski definition) is 4. The van der Waals surface area contributed by atoms with Gasteiger partial charge in [0.1, 0.15) is 11.4 Å². The van der Waals surface area contributed by atoms with Crippen LogP contribution in [-0.4, -0.2) is 37.9 Å². The van der Waals surface area contributed by atoms with Crippen molar-refractivity contribution in [3.63, 3.8) is 0 Å². The molecule has 2 aliphatic heterocycles. The van der Waals surface area contributed by atoms with Crippen molar-refractivity contribution in [3.8, 4) is 0 Å². The predicted octanol–water partition coefficient (Wildman–Crippen LogP) is 1.90. The van der Waals surface area contributed by atoms with E-state index in [0.29, 0.717) is 6.04 Å². The molecule has 2 heterocycles. The summed E-state index contributed by atoms with van der Waals surface area (Å²) >= 11 is 0. The van der Waals surface area contributed by atoms with Crippen LogP contribution in [0, 0.1) is 6.42 Å². The van der Waals surface area contributed by atoms with Crippen molar-refractivity contribution in [1.82, 2.24) is 10.6 Å². The smallest absolute Gasteiger partial charge is 0.120 e. The third kappa shape index (κ3) is 3.55. The van der Waals surface area contributed by atoms with Crippen LogP contribution in [0.1, 0.15) is 32.6 Å². The van der Waals surface area contributed by atoms with Crippen LogP contribution < -0.4 is 10.6 Å². The van der Waals surface area contributed by atoms with Crippen LogP contribution in [-0.2, 0) is 9.47 Å². The Morgan fingerprint density at radius 3 is 3.00 bits per heavy atom. The lowest BCUT2D eigenvalue weighted by atomic mass is 10.0. The van der Waals surface area contributed by atoms with Gasteiger partial charge in [0.2, 0.25) is 0 Å². The maximum absolute atomic E-state index is 6.20. The molecule has 2 saturated heterocycles. The summed E-state index contributed by atoms with van der Waals surface area (Å²) < 4.78 is 11.6. The Kier molecular flexibility index (Phi) is 4.32. The Balaban J connectivity index is 1.57. The number of hydrogen-bond donors (Lipinski definition) is 2. The molecule has 2 fully saturated rings. The third-order valence-electron chi connectivity index (χ3n) is 4.24. The van der Waals surface area contributed by atoms with E-state index < -0.39 is 0 Å². The first-order valence-corrected chi connectivity index (χ1v) is 7.73. The minimum absolute atomic E-state index is 0.0521. The Hall–Kier alpha value is -1.00. The molecule has 0 amide bonds. The highest BCUT2D eigenvalue weighted by Crippen LogP contribution is 2.26. The Bertz CT molecular complexity index is 391. The van der Waals surface area contributed by atoms with E-state index >= 15 is 0 Å². The SMILES string of the molecule is C[C@]1(OC2=CC[CH]C(NC3CCOCC3)=C2)CCNC1. The van der Waals surface area contributed by atoms with Crippen molar-refractivity contribution in [3.05, 3.63) is 30.0 Å².